The third-order valence-corrected chi connectivity index (χ3v) is 4.79. The molecule has 1 aromatic carbocycles. The van der Waals surface area contributed by atoms with Crippen molar-refractivity contribution in [1.82, 2.24) is 30.2 Å². The molecule has 0 aliphatic carbocycles. The molecule has 3 aromatic rings. The lowest BCUT2D eigenvalue weighted by molar-refractivity contribution is -0.124. The molecule has 0 radical (unpaired) electrons. The Morgan fingerprint density at radius 2 is 2.08 bits per heavy atom. The Balaban J connectivity index is 1.45. The largest absolute Gasteiger partial charge is 0.346 e. The van der Waals surface area contributed by atoms with Gasteiger partial charge in [0.25, 0.3) is 0 Å². The molecule has 1 aliphatic rings. The van der Waals surface area contributed by atoms with Gasteiger partial charge in [0.1, 0.15) is 0 Å². The highest BCUT2D eigenvalue weighted by atomic mass is 16.1. The van der Waals surface area contributed by atoms with E-state index in [9.17, 15) is 4.79 Å². The van der Waals surface area contributed by atoms with E-state index in [0.29, 0.717) is 13.0 Å². The van der Waals surface area contributed by atoms with Gasteiger partial charge in [-0.15, -0.1) is 0 Å². The average Bonchev–Trinajstić information content (AvgIpc) is 3.30. The fraction of sp³-hybridized carbons (Fsp3) is 0.316. The van der Waals surface area contributed by atoms with Crippen LogP contribution in [0.3, 0.4) is 0 Å². The molecular weight excluding hydrogens is 328 g/mol. The Morgan fingerprint density at radius 1 is 1.23 bits per heavy atom. The number of nitrogens with one attached hydrogen (secondary N) is 2. The number of carbonyl (C=O) groups excluding carboxylic acids is 1. The normalized spacial score (nSPS) is 20.1. The Labute approximate surface area is 152 Å². The molecule has 4 rings (SSSR count). The van der Waals surface area contributed by atoms with Crippen molar-refractivity contribution in [2.75, 3.05) is 0 Å². The Bertz CT molecular complexity index is 884. The summed E-state index contributed by atoms with van der Waals surface area (Å²) in [4.78, 5) is 11.9. The minimum atomic E-state index is -0.0834. The molecule has 0 bridgehead atoms. The van der Waals surface area contributed by atoms with E-state index < -0.39 is 0 Å². The first kappa shape index (κ1) is 16.5. The molecular formula is C19H22N6O. The zero-order valence-electron chi connectivity index (χ0n) is 14.7. The van der Waals surface area contributed by atoms with Crippen LogP contribution in [0.25, 0.3) is 5.69 Å². The van der Waals surface area contributed by atoms with Crippen LogP contribution in [0.4, 0.5) is 0 Å². The molecule has 0 spiro atoms. The zero-order chi connectivity index (χ0) is 17.9. The van der Waals surface area contributed by atoms with Crippen LogP contribution in [0.5, 0.6) is 0 Å². The van der Waals surface area contributed by atoms with Gasteiger partial charge in [-0.3, -0.25) is 9.48 Å². The van der Waals surface area contributed by atoms with E-state index >= 15 is 0 Å². The fourth-order valence-electron chi connectivity index (χ4n) is 3.40. The number of carbonyl (C=O) groups is 1. The van der Waals surface area contributed by atoms with Crippen LogP contribution in [-0.4, -0.2) is 31.5 Å². The van der Waals surface area contributed by atoms with E-state index in [4.69, 9.17) is 0 Å². The van der Waals surface area contributed by atoms with E-state index in [1.807, 2.05) is 65.1 Å². The molecule has 1 aliphatic heterocycles. The molecule has 1 fully saturated rings. The molecule has 2 atom stereocenters. The molecule has 1 saturated heterocycles. The van der Waals surface area contributed by atoms with E-state index in [-0.39, 0.29) is 18.0 Å². The Hall–Kier alpha value is -2.93. The number of para-hydroxylation sites is 1. The van der Waals surface area contributed by atoms with Gasteiger partial charge < -0.3 is 10.6 Å². The van der Waals surface area contributed by atoms with E-state index in [1.165, 1.54) is 0 Å². The van der Waals surface area contributed by atoms with Gasteiger partial charge in [0.2, 0.25) is 5.91 Å². The topological polar surface area (TPSA) is 76.8 Å². The van der Waals surface area contributed by atoms with Gasteiger partial charge in [-0.1, -0.05) is 18.2 Å². The molecule has 1 amide bonds. The summed E-state index contributed by atoms with van der Waals surface area (Å²) < 4.78 is 3.69. The van der Waals surface area contributed by atoms with Crippen molar-refractivity contribution in [3.63, 3.8) is 0 Å². The van der Waals surface area contributed by atoms with Gasteiger partial charge in [0.05, 0.1) is 23.1 Å². The van der Waals surface area contributed by atoms with Crippen molar-refractivity contribution in [1.29, 1.82) is 0 Å². The fourth-order valence-corrected chi connectivity index (χ4v) is 3.40. The van der Waals surface area contributed by atoms with Gasteiger partial charge in [0, 0.05) is 38.4 Å². The lowest BCUT2D eigenvalue weighted by Crippen LogP contribution is -2.48. The third-order valence-electron chi connectivity index (χ3n) is 4.79. The zero-order valence-corrected chi connectivity index (χ0v) is 14.7. The SMILES string of the molecule is Cn1nccc1[C@@H]1NC(=O)CC[C@H]1NCc1ccn(-c2ccccc2)n1. The third kappa shape index (κ3) is 3.39. The van der Waals surface area contributed by atoms with Crippen LogP contribution >= 0.6 is 0 Å². The summed E-state index contributed by atoms with van der Waals surface area (Å²) in [5.41, 5.74) is 3.01. The molecule has 7 nitrogen and oxygen atoms in total. The second kappa shape index (κ2) is 7.13. The van der Waals surface area contributed by atoms with E-state index in [1.54, 1.807) is 6.20 Å². The van der Waals surface area contributed by atoms with Crippen molar-refractivity contribution in [2.45, 2.75) is 31.5 Å². The highest BCUT2D eigenvalue weighted by Gasteiger charge is 2.31. The van der Waals surface area contributed by atoms with Crippen molar-refractivity contribution in [3.05, 3.63) is 66.2 Å². The van der Waals surface area contributed by atoms with Crippen molar-refractivity contribution in [2.24, 2.45) is 7.05 Å². The predicted molar refractivity (Wildman–Crippen MR) is 97.5 cm³/mol. The first-order chi connectivity index (χ1) is 12.7. The number of piperidine rings is 1. The van der Waals surface area contributed by atoms with Crippen molar-refractivity contribution in [3.8, 4) is 5.69 Å². The molecule has 2 aromatic heterocycles. The number of rotatable bonds is 5. The minimum Gasteiger partial charge on any atom is -0.346 e. The second-order valence-electron chi connectivity index (χ2n) is 6.54. The van der Waals surface area contributed by atoms with Crippen LogP contribution in [0.15, 0.2) is 54.9 Å². The quantitative estimate of drug-likeness (QED) is 0.734. The lowest BCUT2D eigenvalue weighted by atomic mass is 9.95. The number of aryl methyl sites for hydroxylation is 1. The molecule has 3 heterocycles. The van der Waals surface area contributed by atoms with Crippen molar-refractivity contribution >= 4 is 5.91 Å². The van der Waals surface area contributed by atoms with Crippen LogP contribution in [0.2, 0.25) is 0 Å². The summed E-state index contributed by atoms with van der Waals surface area (Å²) in [6.07, 6.45) is 5.05. The summed E-state index contributed by atoms with van der Waals surface area (Å²) in [6.45, 7) is 0.648. The molecule has 0 unspecified atom stereocenters. The molecule has 0 saturated carbocycles. The second-order valence-corrected chi connectivity index (χ2v) is 6.54. The number of nitrogens with zero attached hydrogens (tertiary/aromatic N) is 4. The molecule has 26 heavy (non-hydrogen) atoms. The number of hydrogen-bond acceptors (Lipinski definition) is 4. The maximum atomic E-state index is 11.9. The summed E-state index contributed by atoms with van der Waals surface area (Å²) >= 11 is 0. The Morgan fingerprint density at radius 3 is 2.85 bits per heavy atom. The molecule has 2 N–H and O–H groups in total. The Kier molecular flexibility index (Phi) is 4.53. The highest BCUT2D eigenvalue weighted by molar-refractivity contribution is 5.77. The smallest absolute Gasteiger partial charge is 0.220 e. The number of benzene rings is 1. The monoisotopic (exact) mass is 350 g/mol. The van der Waals surface area contributed by atoms with Crippen LogP contribution < -0.4 is 10.6 Å². The number of amides is 1. The van der Waals surface area contributed by atoms with Crippen LogP contribution in [-0.2, 0) is 18.4 Å². The summed E-state index contributed by atoms with van der Waals surface area (Å²) in [7, 11) is 1.90. The average molecular weight is 350 g/mol. The number of aromatic nitrogens is 4. The maximum Gasteiger partial charge on any atom is 0.220 e. The van der Waals surface area contributed by atoms with Gasteiger partial charge in [-0.2, -0.15) is 10.2 Å². The predicted octanol–water partition coefficient (Wildman–Crippen LogP) is 1.72. The summed E-state index contributed by atoms with van der Waals surface area (Å²) in [6, 6.07) is 14.1. The van der Waals surface area contributed by atoms with Crippen molar-refractivity contribution < 1.29 is 4.79 Å². The van der Waals surface area contributed by atoms with E-state index in [2.05, 4.69) is 20.8 Å². The van der Waals surface area contributed by atoms with Gasteiger partial charge in [-0.05, 0) is 30.7 Å². The summed E-state index contributed by atoms with van der Waals surface area (Å²) in [5, 5.41) is 15.5. The van der Waals surface area contributed by atoms with Crippen LogP contribution in [0, 0.1) is 0 Å². The standard InChI is InChI=1S/C19H22N6O/c1-24-17(9-11-21-24)19-16(7-8-18(26)22-19)20-13-14-10-12-25(23-14)15-5-3-2-4-6-15/h2-6,9-12,16,19-20H,7-8,13H2,1H3,(H,22,26)/t16-,19-/m1/s1. The highest BCUT2D eigenvalue weighted by Crippen LogP contribution is 2.24. The van der Waals surface area contributed by atoms with E-state index in [0.717, 1.165) is 23.5 Å². The van der Waals surface area contributed by atoms with Crippen LogP contribution in [0.1, 0.15) is 30.3 Å². The first-order valence-electron chi connectivity index (χ1n) is 8.81. The first-order valence-corrected chi connectivity index (χ1v) is 8.81. The lowest BCUT2D eigenvalue weighted by Gasteiger charge is -2.32. The summed E-state index contributed by atoms with van der Waals surface area (Å²) in [5.74, 6) is 0.0857. The minimum absolute atomic E-state index is 0.0834. The molecule has 7 heteroatoms. The maximum absolute atomic E-state index is 11.9. The molecule has 134 valence electrons. The number of hydrogen-bond donors (Lipinski definition) is 2. The van der Waals surface area contributed by atoms with Gasteiger partial charge in [-0.25, -0.2) is 4.68 Å². The van der Waals surface area contributed by atoms with Gasteiger partial charge >= 0.3 is 0 Å². The van der Waals surface area contributed by atoms with Gasteiger partial charge in [0.15, 0.2) is 0 Å².